The van der Waals surface area contributed by atoms with E-state index in [9.17, 15) is 0 Å². The Morgan fingerprint density at radius 3 is 2.64 bits per heavy atom. The highest BCUT2D eigenvalue weighted by atomic mass is 16.5. The molecule has 5 nitrogen and oxygen atoms in total. The minimum Gasteiger partial charge on any atom is -0.489 e. The standard InChI is InChI=1S/C28H30N4O/c1-20-27-26(23-9-5-10-25(15-23)33-18-21-7-3-2-4-8-21)17-32(28(27)30-19-29-20)24-13-22(14-24)16-31-11-6-12-31/h2-5,7-10,15,17,19,22,24H,6,11-14,16,18H2,1H3/t22-,24+. The van der Waals surface area contributed by atoms with Crippen molar-refractivity contribution in [3.8, 4) is 16.9 Å². The van der Waals surface area contributed by atoms with Gasteiger partial charge in [0.15, 0.2) is 0 Å². The average Bonchev–Trinajstić information content (AvgIpc) is 3.17. The van der Waals surface area contributed by atoms with Gasteiger partial charge in [-0.1, -0.05) is 42.5 Å². The fourth-order valence-corrected chi connectivity index (χ4v) is 5.23. The fourth-order valence-electron chi connectivity index (χ4n) is 5.23. The number of ether oxygens (including phenoxy) is 1. The zero-order valence-corrected chi connectivity index (χ0v) is 19.2. The number of hydrogen-bond acceptors (Lipinski definition) is 4. The summed E-state index contributed by atoms with van der Waals surface area (Å²) in [7, 11) is 0. The van der Waals surface area contributed by atoms with Crippen LogP contribution in [0.1, 0.15) is 36.6 Å². The third kappa shape index (κ3) is 4.02. The lowest BCUT2D eigenvalue weighted by Crippen LogP contribution is -2.43. The SMILES string of the molecule is Cc1ncnc2c1c(-c1cccc(OCc3ccccc3)c1)cn2[C@H]1C[C@@H](CN2CCC2)C1. The third-order valence-electron chi connectivity index (χ3n) is 7.26. The first-order valence-electron chi connectivity index (χ1n) is 12.1. The number of benzene rings is 2. The summed E-state index contributed by atoms with van der Waals surface area (Å²) in [5, 5.41) is 1.16. The molecule has 2 fully saturated rings. The third-order valence-corrected chi connectivity index (χ3v) is 7.26. The van der Waals surface area contributed by atoms with Crippen LogP contribution in [0.5, 0.6) is 5.75 Å². The van der Waals surface area contributed by atoms with Crippen LogP contribution in [-0.4, -0.2) is 39.1 Å². The van der Waals surface area contributed by atoms with Crippen molar-refractivity contribution < 1.29 is 4.74 Å². The fraction of sp³-hybridized carbons (Fsp3) is 0.357. The molecular weight excluding hydrogens is 408 g/mol. The van der Waals surface area contributed by atoms with E-state index < -0.39 is 0 Å². The predicted octanol–water partition coefficient (Wildman–Crippen LogP) is 5.64. The Bertz CT molecular complexity index is 1260. The second-order valence-electron chi connectivity index (χ2n) is 9.56. The molecule has 5 heteroatoms. The Labute approximate surface area is 195 Å². The second kappa shape index (κ2) is 8.64. The molecule has 0 spiro atoms. The van der Waals surface area contributed by atoms with Crippen LogP contribution < -0.4 is 4.74 Å². The topological polar surface area (TPSA) is 43.2 Å². The van der Waals surface area contributed by atoms with E-state index in [-0.39, 0.29) is 0 Å². The molecule has 0 radical (unpaired) electrons. The van der Waals surface area contributed by atoms with Crippen LogP contribution in [-0.2, 0) is 6.61 Å². The Morgan fingerprint density at radius 1 is 1.00 bits per heavy atom. The summed E-state index contributed by atoms with van der Waals surface area (Å²) in [5.41, 5.74) is 5.60. The van der Waals surface area contributed by atoms with Gasteiger partial charge in [0.2, 0.25) is 0 Å². The highest BCUT2D eigenvalue weighted by Crippen LogP contribution is 2.43. The summed E-state index contributed by atoms with van der Waals surface area (Å²) in [4.78, 5) is 11.8. The van der Waals surface area contributed by atoms with Crippen molar-refractivity contribution in [2.75, 3.05) is 19.6 Å². The summed E-state index contributed by atoms with van der Waals surface area (Å²) >= 11 is 0. The maximum Gasteiger partial charge on any atom is 0.144 e. The molecule has 2 aromatic carbocycles. The molecule has 4 aromatic rings. The Kier molecular flexibility index (Phi) is 5.35. The van der Waals surface area contributed by atoms with Crippen LogP contribution in [0.2, 0.25) is 0 Å². The lowest BCUT2D eigenvalue weighted by Gasteiger charge is -2.42. The molecule has 168 valence electrons. The summed E-state index contributed by atoms with van der Waals surface area (Å²) < 4.78 is 8.51. The molecule has 0 unspecified atom stereocenters. The van der Waals surface area contributed by atoms with E-state index >= 15 is 0 Å². The number of fused-ring (bicyclic) bond motifs is 1. The van der Waals surface area contributed by atoms with E-state index in [0.717, 1.165) is 34.0 Å². The maximum atomic E-state index is 6.11. The van der Waals surface area contributed by atoms with Crippen molar-refractivity contribution in [2.24, 2.45) is 5.92 Å². The lowest BCUT2D eigenvalue weighted by atomic mass is 9.79. The van der Waals surface area contributed by atoms with Gasteiger partial charge in [-0.15, -0.1) is 0 Å². The average molecular weight is 439 g/mol. The largest absolute Gasteiger partial charge is 0.489 e. The molecule has 1 saturated heterocycles. The highest BCUT2D eigenvalue weighted by molar-refractivity contribution is 5.96. The number of hydrogen-bond donors (Lipinski definition) is 0. The number of aromatic nitrogens is 3. The van der Waals surface area contributed by atoms with Gasteiger partial charge < -0.3 is 14.2 Å². The van der Waals surface area contributed by atoms with Gasteiger partial charge in [-0.25, -0.2) is 9.97 Å². The molecule has 0 amide bonds. The molecular formula is C28H30N4O. The van der Waals surface area contributed by atoms with Crippen LogP contribution in [0.4, 0.5) is 0 Å². The van der Waals surface area contributed by atoms with Crippen molar-refractivity contribution in [3.63, 3.8) is 0 Å². The quantitative estimate of drug-likeness (QED) is 0.374. The number of rotatable bonds is 7. The monoisotopic (exact) mass is 438 g/mol. The van der Waals surface area contributed by atoms with Crippen molar-refractivity contribution in [1.82, 2.24) is 19.4 Å². The van der Waals surface area contributed by atoms with E-state index in [1.807, 2.05) is 24.3 Å². The molecule has 0 N–H and O–H groups in total. The lowest BCUT2D eigenvalue weighted by molar-refractivity contribution is 0.0921. The minimum atomic E-state index is 0.527. The number of aryl methyl sites for hydroxylation is 1. The van der Waals surface area contributed by atoms with Gasteiger partial charge in [0.25, 0.3) is 0 Å². The first-order valence-corrected chi connectivity index (χ1v) is 12.1. The van der Waals surface area contributed by atoms with Gasteiger partial charge in [-0.05, 0) is 68.5 Å². The van der Waals surface area contributed by atoms with Crippen molar-refractivity contribution in [2.45, 2.75) is 38.8 Å². The first kappa shape index (κ1) is 20.4. The molecule has 2 aromatic heterocycles. The number of nitrogens with zero attached hydrogens (tertiary/aromatic N) is 4. The first-order chi connectivity index (χ1) is 16.2. The molecule has 33 heavy (non-hydrogen) atoms. The van der Waals surface area contributed by atoms with E-state index in [4.69, 9.17) is 9.72 Å². The highest BCUT2D eigenvalue weighted by Gasteiger charge is 2.34. The van der Waals surface area contributed by atoms with Gasteiger partial charge in [0, 0.05) is 29.7 Å². The normalized spacial score (nSPS) is 20.4. The summed E-state index contributed by atoms with van der Waals surface area (Å²) in [6, 6.07) is 19.2. The van der Waals surface area contributed by atoms with Crippen LogP contribution in [0.15, 0.2) is 67.1 Å². The van der Waals surface area contributed by atoms with Crippen molar-refractivity contribution in [3.05, 3.63) is 78.4 Å². The van der Waals surface area contributed by atoms with E-state index in [2.05, 4.69) is 57.9 Å². The number of likely N-dealkylation sites (tertiary alicyclic amines) is 1. The van der Waals surface area contributed by atoms with Crippen LogP contribution >= 0.6 is 0 Å². The molecule has 2 aliphatic rings. The Balaban J connectivity index is 1.27. The summed E-state index contributed by atoms with van der Waals surface area (Å²) in [6.07, 6.45) is 7.85. The zero-order chi connectivity index (χ0) is 22.2. The Hall–Kier alpha value is -3.18. The van der Waals surface area contributed by atoms with E-state index in [0.29, 0.717) is 12.6 Å². The van der Waals surface area contributed by atoms with Gasteiger partial charge in [0.1, 0.15) is 24.3 Å². The summed E-state index contributed by atoms with van der Waals surface area (Å²) in [5.74, 6) is 1.69. The van der Waals surface area contributed by atoms with Crippen LogP contribution in [0.25, 0.3) is 22.2 Å². The minimum absolute atomic E-state index is 0.527. The van der Waals surface area contributed by atoms with Crippen molar-refractivity contribution in [1.29, 1.82) is 0 Å². The molecule has 1 aliphatic heterocycles. The van der Waals surface area contributed by atoms with Crippen molar-refractivity contribution >= 4 is 11.0 Å². The van der Waals surface area contributed by atoms with Crippen LogP contribution in [0, 0.1) is 12.8 Å². The maximum absolute atomic E-state index is 6.11. The Morgan fingerprint density at radius 2 is 1.85 bits per heavy atom. The molecule has 6 rings (SSSR count). The van der Waals surface area contributed by atoms with Gasteiger partial charge in [-0.3, -0.25) is 0 Å². The molecule has 0 atom stereocenters. The van der Waals surface area contributed by atoms with Gasteiger partial charge >= 0.3 is 0 Å². The smallest absolute Gasteiger partial charge is 0.144 e. The van der Waals surface area contributed by atoms with E-state index in [1.165, 1.54) is 50.0 Å². The zero-order valence-electron chi connectivity index (χ0n) is 19.2. The molecule has 3 heterocycles. The van der Waals surface area contributed by atoms with Gasteiger partial charge in [0.05, 0.1) is 5.69 Å². The second-order valence-corrected chi connectivity index (χ2v) is 9.56. The van der Waals surface area contributed by atoms with Gasteiger partial charge in [-0.2, -0.15) is 0 Å². The van der Waals surface area contributed by atoms with E-state index in [1.54, 1.807) is 6.33 Å². The summed E-state index contributed by atoms with van der Waals surface area (Å²) in [6.45, 7) is 6.48. The molecule has 0 bridgehead atoms. The predicted molar refractivity (Wildman–Crippen MR) is 131 cm³/mol. The molecule has 1 aliphatic carbocycles. The molecule has 1 saturated carbocycles. The van der Waals surface area contributed by atoms with Crippen LogP contribution in [0.3, 0.4) is 0 Å².